The maximum atomic E-state index is 15.1. The number of benzene rings is 2. The van der Waals surface area contributed by atoms with Gasteiger partial charge in [-0.3, -0.25) is 28.8 Å². The van der Waals surface area contributed by atoms with Crippen LogP contribution in [0.4, 0.5) is 8.78 Å². The van der Waals surface area contributed by atoms with Crippen LogP contribution in [0.1, 0.15) is 106 Å². The molecule has 2 aliphatic carbocycles. The number of likely N-dealkylation sites (N-methyl/N-ethyl adjacent to an activating group) is 2. The number of nitrogens with one attached hydrogen (secondary N) is 5. The largest absolute Gasteiger partial charge is 0.347 e. The van der Waals surface area contributed by atoms with Crippen LogP contribution in [0.2, 0.25) is 0 Å². The lowest BCUT2D eigenvalue weighted by Gasteiger charge is -2.31. The maximum absolute atomic E-state index is 15.1. The molecular weight excluding hydrogens is 821 g/mol. The Hall–Kier alpha value is -5.64. The van der Waals surface area contributed by atoms with Gasteiger partial charge in [-0.1, -0.05) is 60.4 Å². The fraction of sp³-hybridized carbons (Fsp3) is 0.551. The minimum absolute atomic E-state index is 0.0266. The zero-order valence-electron chi connectivity index (χ0n) is 37.2. The molecule has 10 atom stereocenters. The van der Waals surface area contributed by atoms with Crippen LogP contribution < -0.4 is 26.6 Å². The SMILES string of the molecule is CN[C@@H](C)C(=O)N[C@@H](CC#CC#CC[C@H](NC(=O)[C@H](C)NC)C(=O)N1C[C@@H](F)C[C@H]1C(=O)N[C@@H]1CCCc2ccccc21)C(=O)N1C[C@@H](F)C[C@H]1C(=O)C[C@@H]1CCCc2ccccc21. The van der Waals surface area contributed by atoms with Gasteiger partial charge in [0, 0.05) is 32.1 Å². The normalized spacial score (nSPS) is 24.2. The average Bonchev–Trinajstić information content (AvgIpc) is 3.90. The van der Waals surface area contributed by atoms with Gasteiger partial charge >= 0.3 is 0 Å². The molecule has 0 unspecified atom stereocenters. The number of aryl methyl sites for hydroxylation is 2. The topological polar surface area (TPSA) is 169 Å². The van der Waals surface area contributed by atoms with E-state index in [1.54, 1.807) is 27.9 Å². The van der Waals surface area contributed by atoms with Gasteiger partial charge in [0.1, 0.15) is 30.5 Å². The first kappa shape index (κ1) is 47.8. The summed E-state index contributed by atoms with van der Waals surface area (Å²) in [7, 11) is 3.18. The van der Waals surface area contributed by atoms with Crippen molar-refractivity contribution in [2.24, 2.45) is 0 Å². The van der Waals surface area contributed by atoms with Crippen molar-refractivity contribution >= 4 is 35.3 Å². The van der Waals surface area contributed by atoms with Gasteiger partial charge in [-0.15, -0.1) is 0 Å². The van der Waals surface area contributed by atoms with Gasteiger partial charge in [-0.05, 0) is 106 Å². The second-order valence-electron chi connectivity index (χ2n) is 17.4. The van der Waals surface area contributed by atoms with E-state index in [1.165, 1.54) is 15.4 Å². The summed E-state index contributed by atoms with van der Waals surface area (Å²) >= 11 is 0. The molecule has 0 spiro atoms. The number of alkyl halides is 2. The number of likely N-dealkylation sites (tertiary alicyclic amines) is 2. The Balaban J connectivity index is 1.15. The lowest BCUT2D eigenvalue weighted by molar-refractivity contribution is -0.141. The maximum Gasteiger partial charge on any atom is 0.246 e. The molecule has 0 saturated carbocycles. The molecule has 2 aliphatic heterocycles. The molecule has 0 radical (unpaired) electrons. The van der Waals surface area contributed by atoms with Crippen LogP contribution in [-0.2, 0) is 41.6 Å². The van der Waals surface area contributed by atoms with Crippen molar-refractivity contribution in [2.45, 2.75) is 145 Å². The van der Waals surface area contributed by atoms with Crippen molar-refractivity contribution in [3.63, 3.8) is 0 Å². The minimum atomic E-state index is -1.45. The number of fused-ring (bicyclic) bond motifs is 2. The molecular formula is C49H61F2N7O6. The number of Topliss-reactive ketones (excluding diaryl/α,β-unsaturated/α-hetero) is 1. The van der Waals surface area contributed by atoms with Crippen molar-refractivity contribution < 1.29 is 37.5 Å². The molecule has 342 valence electrons. The summed E-state index contributed by atoms with van der Waals surface area (Å²) in [5.41, 5.74) is 4.45. The summed E-state index contributed by atoms with van der Waals surface area (Å²) in [5, 5.41) is 14.1. The molecule has 4 aliphatic rings. The smallest absolute Gasteiger partial charge is 0.246 e. The molecule has 2 aromatic carbocycles. The second-order valence-corrected chi connectivity index (χ2v) is 17.4. The van der Waals surface area contributed by atoms with Crippen molar-refractivity contribution in [3.05, 3.63) is 70.8 Å². The number of carbonyl (C=O) groups is 6. The summed E-state index contributed by atoms with van der Waals surface area (Å²) in [6.45, 7) is 2.61. The number of halogens is 2. The highest BCUT2D eigenvalue weighted by Crippen LogP contribution is 2.36. The first-order chi connectivity index (χ1) is 30.8. The van der Waals surface area contributed by atoms with Gasteiger partial charge in [0.15, 0.2) is 5.78 Å². The lowest BCUT2D eigenvalue weighted by atomic mass is 9.79. The van der Waals surface area contributed by atoms with Crippen LogP contribution in [0.25, 0.3) is 0 Å². The summed E-state index contributed by atoms with van der Waals surface area (Å²) in [6.07, 6.45) is 1.71. The molecule has 5 amide bonds. The summed E-state index contributed by atoms with van der Waals surface area (Å²) in [4.78, 5) is 84.3. The van der Waals surface area contributed by atoms with Crippen LogP contribution >= 0.6 is 0 Å². The third-order valence-electron chi connectivity index (χ3n) is 13.1. The minimum Gasteiger partial charge on any atom is -0.347 e. The zero-order chi connectivity index (χ0) is 45.9. The summed E-state index contributed by atoms with van der Waals surface area (Å²) in [5.74, 6) is 7.91. The highest BCUT2D eigenvalue weighted by molar-refractivity contribution is 5.95. The van der Waals surface area contributed by atoms with E-state index in [4.69, 9.17) is 0 Å². The monoisotopic (exact) mass is 881 g/mol. The molecule has 0 aromatic heterocycles. The molecule has 2 saturated heterocycles. The Bertz CT molecular complexity index is 2030. The number of rotatable bonds is 15. The molecule has 0 bridgehead atoms. The van der Waals surface area contributed by atoms with Gasteiger partial charge in [-0.25, -0.2) is 8.78 Å². The van der Waals surface area contributed by atoms with Gasteiger partial charge in [-0.2, -0.15) is 0 Å². The van der Waals surface area contributed by atoms with Crippen LogP contribution in [0, 0.1) is 23.7 Å². The highest BCUT2D eigenvalue weighted by atomic mass is 19.1. The van der Waals surface area contributed by atoms with E-state index in [9.17, 15) is 28.8 Å². The molecule has 2 aromatic rings. The standard InChI is InChI=1S/C49H61F2N7O6/c1-30(52-3)45(60)55-40(48(63)57-28-35(50)26-42(57)44(59)25-34-19-13-17-32-15-9-11-20-37(32)34)22-7-5-6-8-23-41(56-46(61)31(2)53-4)49(64)58-29-36(51)27-43(58)47(62)54-39-24-14-18-33-16-10-12-21-38(33)39/h9-12,15-16,20-21,30-31,34-36,39-43,52-53H,13-14,17-19,22-29H2,1-4H3,(H,54,62)(H,55,60)(H,56,61)/t30-,31-,34-,35-,36-,39+,40-,41-,42-,43-/m0/s1. The number of ketones is 1. The molecule has 6 rings (SSSR count). The number of amides is 5. The summed E-state index contributed by atoms with van der Waals surface area (Å²) in [6, 6.07) is 9.68. The summed E-state index contributed by atoms with van der Waals surface area (Å²) < 4.78 is 30.1. The Morgan fingerprint density at radius 2 is 1.17 bits per heavy atom. The lowest BCUT2D eigenvalue weighted by Crippen LogP contribution is -2.55. The highest BCUT2D eigenvalue weighted by Gasteiger charge is 2.44. The van der Waals surface area contributed by atoms with E-state index in [1.807, 2.05) is 42.5 Å². The van der Waals surface area contributed by atoms with Crippen molar-refractivity contribution in [3.8, 4) is 23.7 Å². The van der Waals surface area contributed by atoms with Crippen LogP contribution in [0.5, 0.6) is 0 Å². The van der Waals surface area contributed by atoms with Crippen LogP contribution in [0.3, 0.4) is 0 Å². The molecule has 64 heavy (non-hydrogen) atoms. The Kier molecular flexibility index (Phi) is 16.7. The molecule has 5 N–H and O–H groups in total. The second kappa shape index (κ2) is 22.3. The molecule has 2 fully saturated rings. The third-order valence-corrected chi connectivity index (χ3v) is 13.1. The Morgan fingerprint density at radius 1 is 0.688 bits per heavy atom. The quantitative estimate of drug-likeness (QED) is 0.170. The number of hydrogen-bond acceptors (Lipinski definition) is 8. The molecule has 13 nitrogen and oxygen atoms in total. The average molecular weight is 882 g/mol. The molecule has 2 heterocycles. The van der Waals surface area contributed by atoms with E-state index in [0.717, 1.165) is 48.8 Å². The van der Waals surface area contributed by atoms with E-state index in [0.29, 0.717) is 6.42 Å². The first-order valence-corrected chi connectivity index (χ1v) is 22.6. The van der Waals surface area contributed by atoms with E-state index in [2.05, 4.69) is 56.3 Å². The third kappa shape index (κ3) is 11.7. The Labute approximate surface area is 375 Å². The van der Waals surface area contributed by atoms with Gasteiger partial charge in [0.2, 0.25) is 29.5 Å². The zero-order valence-corrected chi connectivity index (χ0v) is 37.2. The fourth-order valence-corrected chi connectivity index (χ4v) is 9.28. The van der Waals surface area contributed by atoms with Crippen molar-refractivity contribution in [2.75, 3.05) is 27.2 Å². The van der Waals surface area contributed by atoms with Gasteiger partial charge < -0.3 is 36.4 Å². The van der Waals surface area contributed by atoms with E-state index >= 15 is 8.78 Å². The van der Waals surface area contributed by atoms with Crippen LogP contribution in [0.15, 0.2) is 48.5 Å². The first-order valence-electron chi connectivity index (χ1n) is 22.6. The molecule has 15 heteroatoms. The fourth-order valence-electron chi connectivity index (χ4n) is 9.28. The van der Waals surface area contributed by atoms with E-state index < -0.39 is 78.1 Å². The number of carbonyl (C=O) groups excluding carboxylic acids is 6. The predicted octanol–water partition coefficient (Wildman–Crippen LogP) is 3.11. The van der Waals surface area contributed by atoms with Crippen LogP contribution in [-0.4, -0.2) is 121 Å². The number of hydrogen-bond donors (Lipinski definition) is 5. The Morgan fingerprint density at radius 3 is 1.73 bits per heavy atom. The number of nitrogens with zero attached hydrogens (tertiary/aromatic N) is 2. The van der Waals surface area contributed by atoms with Gasteiger partial charge in [0.05, 0.1) is 37.3 Å². The van der Waals surface area contributed by atoms with Crippen molar-refractivity contribution in [1.82, 2.24) is 36.4 Å². The van der Waals surface area contributed by atoms with Crippen molar-refractivity contribution in [1.29, 1.82) is 0 Å². The van der Waals surface area contributed by atoms with E-state index in [-0.39, 0.29) is 62.9 Å². The van der Waals surface area contributed by atoms with Gasteiger partial charge in [0.25, 0.3) is 0 Å². The predicted molar refractivity (Wildman–Crippen MR) is 238 cm³/mol.